The largest absolute Gasteiger partial charge is 0.482 e. The van der Waals surface area contributed by atoms with Gasteiger partial charge in [0.25, 0.3) is 5.91 Å². The molecule has 1 amide bonds. The number of likely N-dealkylation sites (tertiary alicyclic amines) is 1. The van der Waals surface area contributed by atoms with E-state index in [0.717, 1.165) is 32.4 Å². The Kier molecular flexibility index (Phi) is 5.19. The third-order valence-electron chi connectivity index (χ3n) is 4.12. The summed E-state index contributed by atoms with van der Waals surface area (Å²) in [6.45, 7) is 1.69. The minimum absolute atomic E-state index is 0.0461. The summed E-state index contributed by atoms with van der Waals surface area (Å²) in [7, 11) is 0. The van der Waals surface area contributed by atoms with E-state index in [9.17, 15) is 4.79 Å². The molecule has 0 spiro atoms. The molecule has 5 heteroatoms. The fourth-order valence-electron chi connectivity index (χ4n) is 2.98. The van der Waals surface area contributed by atoms with Crippen LogP contribution in [0, 0.1) is 5.92 Å². The van der Waals surface area contributed by atoms with Gasteiger partial charge in [0.05, 0.1) is 6.20 Å². The van der Waals surface area contributed by atoms with Crippen molar-refractivity contribution < 1.29 is 9.53 Å². The van der Waals surface area contributed by atoms with Crippen LogP contribution in [-0.2, 0) is 11.2 Å². The van der Waals surface area contributed by atoms with Crippen molar-refractivity contribution in [3.05, 3.63) is 54.6 Å². The second kappa shape index (κ2) is 7.72. The molecule has 3 heterocycles. The van der Waals surface area contributed by atoms with E-state index >= 15 is 0 Å². The molecule has 0 unspecified atom stereocenters. The SMILES string of the molecule is O=C(COc1cccnc1)N1CCC[C@H](Cc2cccnc2)C1. The van der Waals surface area contributed by atoms with Gasteiger partial charge >= 0.3 is 0 Å². The Morgan fingerprint density at radius 2 is 2.04 bits per heavy atom. The maximum atomic E-state index is 12.3. The predicted octanol–water partition coefficient (Wildman–Crippen LogP) is 2.34. The van der Waals surface area contributed by atoms with Crippen LogP contribution in [0.2, 0.25) is 0 Å². The van der Waals surface area contributed by atoms with Crippen molar-refractivity contribution in [1.29, 1.82) is 0 Å². The molecule has 0 aliphatic carbocycles. The van der Waals surface area contributed by atoms with Gasteiger partial charge < -0.3 is 9.64 Å². The summed E-state index contributed by atoms with van der Waals surface area (Å²) in [5.74, 6) is 1.17. The van der Waals surface area contributed by atoms with E-state index in [0.29, 0.717) is 11.7 Å². The Bertz CT molecular complexity index is 619. The van der Waals surface area contributed by atoms with E-state index in [2.05, 4.69) is 16.0 Å². The Balaban J connectivity index is 1.50. The number of carbonyl (C=O) groups excluding carboxylic acids is 1. The Hall–Kier alpha value is -2.43. The molecule has 1 aliphatic rings. The lowest BCUT2D eigenvalue weighted by Gasteiger charge is -2.32. The van der Waals surface area contributed by atoms with Gasteiger partial charge in [-0.25, -0.2) is 0 Å². The zero-order valence-electron chi connectivity index (χ0n) is 13.1. The third kappa shape index (κ3) is 4.52. The summed E-state index contributed by atoms with van der Waals surface area (Å²) in [5.41, 5.74) is 1.23. The molecule has 1 saturated heterocycles. The van der Waals surface area contributed by atoms with Gasteiger partial charge in [0.2, 0.25) is 0 Å². The fourth-order valence-corrected chi connectivity index (χ4v) is 2.98. The van der Waals surface area contributed by atoms with E-state index in [1.807, 2.05) is 23.2 Å². The van der Waals surface area contributed by atoms with Gasteiger partial charge in [0.15, 0.2) is 6.61 Å². The molecule has 2 aromatic heterocycles. The van der Waals surface area contributed by atoms with Crippen molar-refractivity contribution in [3.63, 3.8) is 0 Å². The summed E-state index contributed by atoms with van der Waals surface area (Å²) in [5, 5.41) is 0. The van der Waals surface area contributed by atoms with E-state index in [4.69, 9.17) is 4.74 Å². The molecule has 0 saturated carbocycles. The van der Waals surface area contributed by atoms with Crippen LogP contribution in [0.3, 0.4) is 0 Å². The zero-order chi connectivity index (χ0) is 15.9. The van der Waals surface area contributed by atoms with Crippen molar-refractivity contribution in [1.82, 2.24) is 14.9 Å². The van der Waals surface area contributed by atoms with E-state index in [-0.39, 0.29) is 12.5 Å². The molecule has 0 bridgehead atoms. The van der Waals surface area contributed by atoms with Crippen LogP contribution in [0.5, 0.6) is 5.75 Å². The number of hydrogen-bond acceptors (Lipinski definition) is 4. The predicted molar refractivity (Wildman–Crippen MR) is 87.0 cm³/mol. The van der Waals surface area contributed by atoms with Crippen molar-refractivity contribution in [2.75, 3.05) is 19.7 Å². The summed E-state index contributed by atoms with van der Waals surface area (Å²) in [6.07, 6.45) is 10.2. The Morgan fingerprint density at radius 3 is 2.78 bits per heavy atom. The smallest absolute Gasteiger partial charge is 0.260 e. The van der Waals surface area contributed by atoms with Crippen LogP contribution < -0.4 is 4.74 Å². The summed E-state index contributed by atoms with van der Waals surface area (Å²) < 4.78 is 5.51. The highest BCUT2D eigenvalue weighted by molar-refractivity contribution is 5.77. The van der Waals surface area contributed by atoms with Crippen molar-refractivity contribution in [2.45, 2.75) is 19.3 Å². The maximum absolute atomic E-state index is 12.3. The van der Waals surface area contributed by atoms with Gasteiger partial charge in [-0.2, -0.15) is 0 Å². The number of amides is 1. The summed E-state index contributed by atoms with van der Waals surface area (Å²) in [4.78, 5) is 22.4. The average Bonchev–Trinajstić information content (AvgIpc) is 2.62. The zero-order valence-corrected chi connectivity index (χ0v) is 13.1. The van der Waals surface area contributed by atoms with Crippen LogP contribution in [0.4, 0.5) is 0 Å². The van der Waals surface area contributed by atoms with Crippen LogP contribution in [0.15, 0.2) is 49.1 Å². The van der Waals surface area contributed by atoms with Gasteiger partial charge in [-0.05, 0) is 48.9 Å². The number of rotatable bonds is 5. The maximum Gasteiger partial charge on any atom is 0.260 e. The fraction of sp³-hybridized carbons (Fsp3) is 0.389. The first kappa shape index (κ1) is 15.5. The molecule has 3 rings (SSSR count). The van der Waals surface area contributed by atoms with Gasteiger partial charge in [0, 0.05) is 31.7 Å². The first-order valence-electron chi connectivity index (χ1n) is 8.01. The van der Waals surface area contributed by atoms with Gasteiger partial charge in [-0.15, -0.1) is 0 Å². The summed E-state index contributed by atoms with van der Waals surface area (Å²) in [6, 6.07) is 7.66. The quantitative estimate of drug-likeness (QED) is 0.850. The highest BCUT2D eigenvalue weighted by atomic mass is 16.5. The number of carbonyl (C=O) groups is 1. The second-order valence-electron chi connectivity index (χ2n) is 5.89. The lowest BCUT2D eigenvalue weighted by molar-refractivity contribution is -0.135. The molecule has 1 atom stereocenters. The number of pyridine rings is 2. The molecule has 2 aromatic rings. The van der Waals surface area contributed by atoms with Gasteiger partial charge in [-0.3, -0.25) is 14.8 Å². The minimum Gasteiger partial charge on any atom is -0.482 e. The lowest BCUT2D eigenvalue weighted by Crippen LogP contribution is -2.42. The Morgan fingerprint density at radius 1 is 1.22 bits per heavy atom. The van der Waals surface area contributed by atoms with Crippen LogP contribution in [0.25, 0.3) is 0 Å². The molecular weight excluding hydrogens is 290 g/mol. The van der Waals surface area contributed by atoms with Crippen molar-refractivity contribution in [2.24, 2.45) is 5.92 Å². The highest BCUT2D eigenvalue weighted by Crippen LogP contribution is 2.20. The molecule has 23 heavy (non-hydrogen) atoms. The molecule has 1 aliphatic heterocycles. The van der Waals surface area contributed by atoms with Crippen LogP contribution >= 0.6 is 0 Å². The number of nitrogens with zero attached hydrogens (tertiary/aromatic N) is 3. The molecule has 0 radical (unpaired) electrons. The molecule has 0 aromatic carbocycles. The first-order valence-corrected chi connectivity index (χ1v) is 8.01. The normalized spacial score (nSPS) is 17.7. The van der Waals surface area contributed by atoms with Crippen molar-refractivity contribution >= 4 is 5.91 Å². The van der Waals surface area contributed by atoms with E-state index < -0.39 is 0 Å². The van der Waals surface area contributed by atoms with Gasteiger partial charge in [-0.1, -0.05) is 6.07 Å². The van der Waals surface area contributed by atoms with Gasteiger partial charge in [0.1, 0.15) is 5.75 Å². The monoisotopic (exact) mass is 311 g/mol. The van der Waals surface area contributed by atoms with Crippen molar-refractivity contribution in [3.8, 4) is 5.75 Å². The highest BCUT2D eigenvalue weighted by Gasteiger charge is 2.24. The lowest BCUT2D eigenvalue weighted by atomic mass is 9.92. The second-order valence-corrected chi connectivity index (χ2v) is 5.89. The molecule has 0 N–H and O–H groups in total. The molecule has 1 fully saturated rings. The molecule has 5 nitrogen and oxygen atoms in total. The van der Waals surface area contributed by atoms with Crippen LogP contribution in [0.1, 0.15) is 18.4 Å². The average molecular weight is 311 g/mol. The topological polar surface area (TPSA) is 55.3 Å². The first-order chi connectivity index (χ1) is 11.3. The van der Waals surface area contributed by atoms with E-state index in [1.54, 1.807) is 24.7 Å². The van der Waals surface area contributed by atoms with Crippen LogP contribution in [-0.4, -0.2) is 40.5 Å². The number of piperidine rings is 1. The standard InChI is InChI=1S/C18H21N3O2/c22-18(14-23-17-6-2-8-20-12-17)21-9-3-5-16(13-21)10-15-4-1-7-19-11-15/h1-2,4,6-8,11-12,16H,3,5,9-10,13-14H2/t16-/m1/s1. The summed E-state index contributed by atoms with van der Waals surface area (Å²) >= 11 is 0. The number of aromatic nitrogens is 2. The molecular formula is C18H21N3O2. The Labute approximate surface area is 136 Å². The third-order valence-corrected chi connectivity index (χ3v) is 4.12. The molecule has 120 valence electrons. The van der Waals surface area contributed by atoms with E-state index in [1.165, 1.54) is 5.56 Å². The number of ether oxygens (including phenoxy) is 1. The minimum atomic E-state index is 0.0461. The number of hydrogen-bond donors (Lipinski definition) is 0.